The van der Waals surface area contributed by atoms with Crippen molar-refractivity contribution in [2.45, 2.75) is 52.2 Å². The van der Waals surface area contributed by atoms with E-state index in [0.29, 0.717) is 6.04 Å². The van der Waals surface area contributed by atoms with Crippen LogP contribution in [0.15, 0.2) is 12.3 Å². The molecule has 4 rings (SSSR count). The summed E-state index contributed by atoms with van der Waals surface area (Å²) >= 11 is 0. The number of hydrogen-bond acceptors (Lipinski definition) is 4. The Kier molecular flexibility index (Phi) is 4.41. The van der Waals surface area contributed by atoms with Crippen molar-refractivity contribution < 1.29 is 4.74 Å². The first kappa shape index (κ1) is 15.8. The van der Waals surface area contributed by atoms with Crippen LogP contribution in [0.2, 0.25) is 0 Å². The maximum atomic E-state index is 5.79. The zero-order valence-corrected chi connectivity index (χ0v) is 14.7. The van der Waals surface area contributed by atoms with Gasteiger partial charge in [-0.25, -0.2) is 4.98 Å². The second kappa shape index (κ2) is 6.69. The second-order valence-corrected chi connectivity index (χ2v) is 7.22. The number of aromatic amines is 1. The minimum atomic E-state index is 0.317. The number of nitrogens with zero attached hydrogens (tertiary/aromatic N) is 4. The number of imidazole rings is 1. The molecule has 1 fully saturated rings. The van der Waals surface area contributed by atoms with E-state index in [-0.39, 0.29) is 0 Å². The first-order valence-electron chi connectivity index (χ1n) is 9.07. The van der Waals surface area contributed by atoms with E-state index in [4.69, 9.17) is 9.72 Å². The summed E-state index contributed by atoms with van der Waals surface area (Å²) in [5.41, 5.74) is 3.53. The van der Waals surface area contributed by atoms with Crippen LogP contribution in [0.5, 0.6) is 0 Å². The van der Waals surface area contributed by atoms with Gasteiger partial charge in [0.2, 0.25) is 0 Å². The van der Waals surface area contributed by atoms with Crippen molar-refractivity contribution in [1.82, 2.24) is 24.6 Å². The Balaban J connectivity index is 1.36. The lowest BCUT2D eigenvalue weighted by atomic mass is 10.2. The molecule has 0 amide bonds. The van der Waals surface area contributed by atoms with Crippen LogP contribution in [0.1, 0.15) is 48.7 Å². The molecule has 0 aromatic carbocycles. The van der Waals surface area contributed by atoms with Crippen molar-refractivity contribution in [2.75, 3.05) is 19.8 Å². The average Bonchev–Trinajstić information content (AvgIpc) is 3.16. The molecule has 0 bridgehead atoms. The molecule has 2 aliphatic rings. The molecule has 1 atom stereocenters. The molecule has 0 spiro atoms. The highest BCUT2D eigenvalue weighted by Gasteiger charge is 2.27. The number of aromatic nitrogens is 4. The molecule has 0 radical (unpaired) electrons. The van der Waals surface area contributed by atoms with E-state index in [2.05, 4.69) is 32.7 Å². The van der Waals surface area contributed by atoms with Crippen molar-refractivity contribution in [3.63, 3.8) is 0 Å². The van der Waals surface area contributed by atoms with Crippen LogP contribution < -0.4 is 0 Å². The van der Waals surface area contributed by atoms with Gasteiger partial charge in [0.1, 0.15) is 5.82 Å². The molecule has 1 saturated carbocycles. The van der Waals surface area contributed by atoms with Crippen molar-refractivity contribution in [1.29, 1.82) is 0 Å². The predicted molar refractivity (Wildman–Crippen MR) is 91.6 cm³/mol. The van der Waals surface area contributed by atoms with E-state index < -0.39 is 0 Å². The van der Waals surface area contributed by atoms with Crippen molar-refractivity contribution in [3.8, 4) is 0 Å². The summed E-state index contributed by atoms with van der Waals surface area (Å²) in [5, 5.41) is 7.39. The molecule has 1 aliphatic heterocycles. The number of H-pyrrole nitrogens is 1. The first-order chi connectivity index (χ1) is 11.7. The lowest BCUT2D eigenvalue weighted by molar-refractivity contribution is 0.124. The van der Waals surface area contributed by atoms with E-state index in [1.165, 1.54) is 24.4 Å². The van der Waals surface area contributed by atoms with E-state index in [9.17, 15) is 0 Å². The summed E-state index contributed by atoms with van der Waals surface area (Å²) in [6.07, 6.45) is 5.70. The summed E-state index contributed by atoms with van der Waals surface area (Å²) < 4.78 is 8.17. The van der Waals surface area contributed by atoms with Gasteiger partial charge in [0, 0.05) is 50.2 Å². The molecule has 3 heterocycles. The topological polar surface area (TPSA) is 59.0 Å². The average molecular weight is 329 g/mol. The third-order valence-corrected chi connectivity index (χ3v) is 5.18. The normalized spacial score (nSPS) is 21.2. The van der Waals surface area contributed by atoms with Crippen molar-refractivity contribution in [3.05, 3.63) is 35.2 Å². The quantitative estimate of drug-likeness (QED) is 0.793. The van der Waals surface area contributed by atoms with Gasteiger partial charge in [-0.05, 0) is 38.7 Å². The standard InChI is InChI=1S/C18H27N5O/c1-13-9-16(21-20-13)11-22-6-7-23-17(10-19-18(23)14(22)2)5-8-24-12-15-3-4-15/h9-10,14-15H,3-8,11-12H2,1-2H3,(H,20,21)/t14-/m1/s1. The molecule has 0 saturated heterocycles. The lowest BCUT2D eigenvalue weighted by Gasteiger charge is -2.33. The zero-order valence-electron chi connectivity index (χ0n) is 14.7. The smallest absolute Gasteiger partial charge is 0.126 e. The molecule has 6 heteroatoms. The van der Waals surface area contributed by atoms with E-state index in [1.807, 2.05) is 13.1 Å². The molecular formula is C18H27N5O. The Morgan fingerprint density at radius 3 is 2.96 bits per heavy atom. The Bertz CT molecular complexity index is 687. The fourth-order valence-corrected chi connectivity index (χ4v) is 3.49. The third kappa shape index (κ3) is 3.39. The van der Waals surface area contributed by atoms with Crippen LogP contribution in [-0.4, -0.2) is 44.4 Å². The molecular weight excluding hydrogens is 302 g/mol. The van der Waals surface area contributed by atoms with Crippen LogP contribution >= 0.6 is 0 Å². The van der Waals surface area contributed by atoms with Crippen LogP contribution in [0.3, 0.4) is 0 Å². The second-order valence-electron chi connectivity index (χ2n) is 7.22. The van der Waals surface area contributed by atoms with E-state index in [1.54, 1.807) is 0 Å². The minimum absolute atomic E-state index is 0.317. The third-order valence-electron chi connectivity index (χ3n) is 5.18. The highest BCUT2D eigenvalue weighted by Crippen LogP contribution is 2.29. The number of fused-ring (bicyclic) bond motifs is 1. The molecule has 2 aromatic heterocycles. The first-order valence-corrected chi connectivity index (χ1v) is 9.07. The summed E-state index contributed by atoms with van der Waals surface area (Å²) in [6, 6.07) is 2.44. The van der Waals surface area contributed by atoms with Gasteiger partial charge >= 0.3 is 0 Å². The summed E-state index contributed by atoms with van der Waals surface area (Å²) in [6.45, 7) is 8.94. The highest BCUT2D eigenvalue weighted by atomic mass is 16.5. The molecule has 1 aliphatic carbocycles. The van der Waals surface area contributed by atoms with E-state index in [0.717, 1.165) is 56.6 Å². The largest absolute Gasteiger partial charge is 0.381 e. The van der Waals surface area contributed by atoms with Crippen LogP contribution in [0.4, 0.5) is 0 Å². The molecule has 6 nitrogen and oxygen atoms in total. The molecule has 2 aromatic rings. The van der Waals surface area contributed by atoms with Gasteiger partial charge in [0.15, 0.2) is 0 Å². The van der Waals surface area contributed by atoms with Gasteiger partial charge in [0.05, 0.1) is 18.3 Å². The van der Waals surface area contributed by atoms with Crippen molar-refractivity contribution >= 4 is 0 Å². The van der Waals surface area contributed by atoms with E-state index >= 15 is 0 Å². The molecule has 0 unspecified atom stereocenters. The van der Waals surface area contributed by atoms with Gasteiger partial charge in [0.25, 0.3) is 0 Å². The van der Waals surface area contributed by atoms with Gasteiger partial charge in [-0.15, -0.1) is 0 Å². The van der Waals surface area contributed by atoms with Crippen LogP contribution in [0, 0.1) is 12.8 Å². The Labute approximate surface area is 143 Å². The van der Waals surface area contributed by atoms with Crippen molar-refractivity contribution in [2.24, 2.45) is 5.92 Å². The summed E-state index contributed by atoms with van der Waals surface area (Å²) in [4.78, 5) is 7.15. The fourth-order valence-electron chi connectivity index (χ4n) is 3.49. The predicted octanol–water partition coefficient (Wildman–Crippen LogP) is 2.46. The number of ether oxygens (including phenoxy) is 1. The Hall–Kier alpha value is -1.66. The van der Waals surface area contributed by atoms with Gasteiger partial charge in [-0.2, -0.15) is 5.10 Å². The molecule has 1 N–H and O–H groups in total. The fraction of sp³-hybridized carbons (Fsp3) is 0.667. The van der Waals surface area contributed by atoms with Crippen LogP contribution in [0.25, 0.3) is 0 Å². The number of aryl methyl sites for hydroxylation is 1. The lowest BCUT2D eigenvalue weighted by Crippen LogP contribution is -2.37. The van der Waals surface area contributed by atoms with Crippen LogP contribution in [-0.2, 0) is 24.2 Å². The highest BCUT2D eigenvalue weighted by molar-refractivity contribution is 5.13. The summed E-state index contributed by atoms with van der Waals surface area (Å²) in [5.74, 6) is 2.01. The number of rotatable bonds is 7. The molecule has 24 heavy (non-hydrogen) atoms. The monoisotopic (exact) mass is 329 g/mol. The Morgan fingerprint density at radius 1 is 1.33 bits per heavy atom. The molecule has 130 valence electrons. The van der Waals surface area contributed by atoms with Gasteiger partial charge in [-0.1, -0.05) is 0 Å². The number of hydrogen-bond donors (Lipinski definition) is 1. The van der Waals surface area contributed by atoms with Gasteiger partial charge < -0.3 is 9.30 Å². The maximum absolute atomic E-state index is 5.79. The maximum Gasteiger partial charge on any atom is 0.126 e. The SMILES string of the molecule is Cc1cc(CN2CCn3c(CCOCC4CC4)cnc3[C@H]2C)n[nH]1. The summed E-state index contributed by atoms with van der Waals surface area (Å²) in [7, 11) is 0. The number of nitrogens with one attached hydrogen (secondary N) is 1. The Morgan fingerprint density at radius 2 is 2.21 bits per heavy atom. The van der Waals surface area contributed by atoms with Gasteiger partial charge in [-0.3, -0.25) is 10.00 Å². The minimum Gasteiger partial charge on any atom is -0.381 e. The zero-order chi connectivity index (χ0) is 16.5.